The van der Waals surface area contributed by atoms with Gasteiger partial charge in [-0.3, -0.25) is 9.59 Å². The fourth-order valence-electron chi connectivity index (χ4n) is 9.96. The average molecular weight is 1010 g/mol. The van der Waals surface area contributed by atoms with Crippen LogP contribution in [-0.2, 0) is 14.3 Å². The van der Waals surface area contributed by atoms with Crippen LogP contribution in [0, 0.1) is 0 Å². The number of ether oxygens (including phenoxy) is 1. The quantitative estimate of drug-likeness (QED) is 0.0320. The third-order valence-corrected chi connectivity index (χ3v) is 14.9. The minimum absolute atomic E-state index is 0.00621. The molecule has 6 heteroatoms. The lowest BCUT2D eigenvalue weighted by atomic mass is 10.0. The van der Waals surface area contributed by atoms with E-state index in [0.717, 1.165) is 51.4 Å². The molecule has 0 spiro atoms. The molecule has 0 heterocycles. The second kappa shape index (κ2) is 61.6. The number of hydrogen-bond donors (Lipinski definition) is 3. The Kier molecular flexibility index (Phi) is 60.0. The number of nitrogens with one attached hydrogen (secondary N) is 1. The van der Waals surface area contributed by atoms with Gasteiger partial charge in [-0.05, 0) is 64.2 Å². The smallest absolute Gasteiger partial charge is 0.305 e. The fourth-order valence-corrected chi connectivity index (χ4v) is 9.96. The minimum atomic E-state index is -0.839. The summed E-state index contributed by atoms with van der Waals surface area (Å²) in [6.45, 7) is 4.86. The number of allylic oxidation sites excluding steroid dienone is 5. The molecule has 1 amide bonds. The van der Waals surface area contributed by atoms with Crippen LogP contribution in [0.25, 0.3) is 0 Å². The number of unbranched alkanes of at least 4 members (excludes halogenated alkanes) is 45. The molecule has 0 aliphatic carbocycles. The Morgan fingerprint density at radius 1 is 0.389 bits per heavy atom. The third kappa shape index (κ3) is 57.4. The predicted octanol–water partition coefficient (Wildman–Crippen LogP) is 20.4. The van der Waals surface area contributed by atoms with Crippen LogP contribution >= 0.6 is 0 Å². The van der Waals surface area contributed by atoms with Gasteiger partial charge >= 0.3 is 5.97 Å². The van der Waals surface area contributed by atoms with Crippen LogP contribution < -0.4 is 5.32 Å². The molecule has 0 aliphatic heterocycles. The molecule has 0 rings (SSSR count). The van der Waals surface area contributed by atoms with Crippen molar-refractivity contribution in [2.45, 2.75) is 360 Å². The molecule has 72 heavy (non-hydrogen) atoms. The zero-order chi connectivity index (χ0) is 52.2. The van der Waals surface area contributed by atoms with Gasteiger partial charge in [0, 0.05) is 12.8 Å². The molecule has 0 saturated carbocycles. The van der Waals surface area contributed by atoms with Crippen LogP contribution in [0.4, 0.5) is 0 Å². The molecule has 0 saturated heterocycles. The van der Waals surface area contributed by atoms with E-state index in [9.17, 15) is 19.8 Å². The Bertz CT molecular complexity index is 1170. The summed E-state index contributed by atoms with van der Waals surface area (Å²) in [6, 6.07) is -0.622. The lowest BCUT2D eigenvalue weighted by Gasteiger charge is -2.20. The molecule has 424 valence electrons. The number of hydrogen-bond acceptors (Lipinski definition) is 5. The molecule has 2 unspecified atom stereocenters. The highest BCUT2D eigenvalue weighted by Gasteiger charge is 2.18. The van der Waals surface area contributed by atoms with Gasteiger partial charge in [0.2, 0.25) is 5.91 Å². The van der Waals surface area contributed by atoms with Gasteiger partial charge in [-0.15, -0.1) is 0 Å². The van der Waals surface area contributed by atoms with E-state index in [-0.39, 0.29) is 18.5 Å². The Morgan fingerprint density at radius 3 is 1.08 bits per heavy atom. The second-order valence-corrected chi connectivity index (χ2v) is 22.1. The Balaban J connectivity index is 3.31. The summed E-state index contributed by atoms with van der Waals surface area (Å²) in [6.07, 6.45) is 77.9. The number of amides is 1. The van der Waals surface area contributed by atoms with Crippen molar-refractivity contribution in [3.05, 3.63) is 36.5 Å². The summed E-state index contributed by atoms with van der Waals surface area (Å²) in [7, 11) is 0. The number of aliphatic hydroxyl groups is 2. The molecule has 0 bridgehead atoms. The van der Waals surface area contributed by atoms with E-state index in [1.165, 1.54) is 270 Å². The molecule has 0 aromatic carbocycles. The summed E-state index contributed by atoms with van der Waals surface area (Å²) in [5.41, 5.74) is 0. The maximum atomic E-state index is 12.4. The maximum absolute atomic E-state index is 12.4. The fraction of sp³-hybridized carbons (Fsp3) is 0.879. The molecule has 0 fully saturated rings. The number of esters is 1. The molecule has 2 atom stereocenters. The summed E-state index contributed by atoms with van der Waals surface area (Å²) < 4.78 is 5.48. The summed E-state index contributed by atoms with van der Waals surface area (Å²) in [5.74, 6) is -0.0596. The predicted molar refractivity (Wildman–Crippen MR) is 315 cm³/mol. The van der Waals surface area contributed by atoms with E-state index < -0.39 is 12.1 Å². The molecular formula is C66H125NO5. The van der Waals surface area contributed by atoms with Gasteiger partial charge in [-0.2, -0.15) is 0 Å². The van der Waals surface area contributed by atoms with E-state index >= 15 is 0 Å². The first kappa shape index (κ1) is 70.1. The van der Waals surface area contributed by atoms with Crippen LogP contribution in [0.15, 0.2) is 36.5 Å². The van der Waals surface area contributed by atoms with Crippen LogP contribution in [0.5, 0.6) is 0 Å². The zero-order valence-corrected chi connectivity index (χ0v) is 48.4. The van der Waals surface area contributed by atoms with Crippen molar-refractivity contribution in [3.63, 3.8) is 0 Å². The van der Waals surface area contributed by atoms with Gasteiger partial charge in [0.25, 0.3) is 0 Å². The van der Waals surface area contributed by atoms with Crippen molar-refractivity contribution in [2.24, 2.45) is 0 Å². The lowest BCUT2D eigenvalue weighted by molar-refractivity contribution is -0.143. The van der Waals surface area contributed by atoms with Gasteiger partial charge in [0.1, 0.15) is 0 Å². The minimum Gasteiger partial charge on any atom is -0.466 e. The van der Waals surface area contributed by atoms with Gasteiger partial charge in [-0.25, -0.2) is 0 Å². The van der Waals surface area contributed by atoms with Crippen LogP contribution in [0.1, 0.15) is 348 Å². The molecule has 0 aliphatic rings. The van der Waals surface area contributed by atoms with E-state index in [2.05, 4.69) is 43.5 Å². The highest BCUT2D eigenvalue weighted by Crippen LogP contribution is 2.18. The van der Waals surface area contributed by atoms with Crippen molar-refractivity contribution in [1.29, 1.82) is 0 Å². The lowest BCUT2D eigenvalue weighted by Crippen LogP contribution is -2.45. The number of carbonyl (C=O) groups is 2. The summed E-state index contributed by atoms with van der Waals surface area (Å²) in [5, 5.41) is 23.0. The molecule has 0 aromatic rings. The van der Waals surface area contributed by atoms with Crippen molar-refractivity contribution in [3.8, 4) is 0 Å². The molecule has 6 nitrogen and oxygen atoms in total. The first-order valence-electron chi connectivity index (χ1n) is 32.3. The average Bonchev–Trinajstić information content (AvgIpc) is 3.38. The Morgan fingerprint density at radius 2 is 0.694 bits per heavy atom. The van der Waals surface area contributed by atoms with Crippen LogP contribution in [0.3, 0.4) is 0 Å². The van der Waals surface area contributed by atoms with Crippen molar-refractivity contribution < 1.29 is 24.5 Å². The van der Waals surface area contributed by atoms with Crippen LogP contribution in [0.2, 0.25) is 0 Å². The first-order valence-corrected chi connectivity index (χ1v) is 32.3. The van der Waals surface area contributed by atoms with E-state index in [4.69, 9.17) is 4.74 Å². The Labute approximate surface area is 449 Å². The number of aliphatic hydroxyl groups excluding tert-OH is 2. The van der Waals surface area contributed by atoms with Gasteiger partial charge in [0.15, 0.2) is 0 Å². The van der Waals surface area contributed by atoms with Gasteiger partial charge in [0.05, 0.1) is 25.4 Å². The molecule has 0 radical (unpaired) electrons. The largest absolute Gasteiger partial charge is 0.466 e. The Hall–Kier alpha value is -1.92. The van der Waals surface area contributed by atoms with Crippen molar-refractivity contribution >= 4 is 11.9 Å². The first-order chi connectivity index (χ1) is 35.5. The summed E-state index contributed by atoms with van der Waals surface area (Å²) >= 11 is 0. The summed E-state index contributed by atoms with van der Waals surface area (Å²) in [4.78, 5) is 24.5. The molecule has 0 aromatic heterocycles. The standard InChI is InChI=1S/C66H125NO5/c1-3-5-7-9-11-13-14-15-33-37-40-44-48-52-56-60-66(71)72-61-57-53-49-45-41-38-35-32-30-28-26-24-22-20-18-16-17-19-21-23-25-27-29-31-34-36-39-43-47-51-55-59-65(70)67-63(62-68)64(69)58-54-50-46-42-12-10-8-6-4-2/h11,13,15,33,54,58,63-64,68-69H,3-10,12,14,16-32,34-53,55-57,59-62H2,1-2H3,(H,67,70)/b13-11-,33-15-,58-54+. The van der Waals surface area contributed by atoms with E-state index in [0.29, 0.717) is 19.4 Å². The highest BCUT2D eigenvalue weighted by atomic mass is 16.5. The van der Waals surface area contributed by atoms with E-state index in [1.807, 2.05) is 6.08 Å². The van der Waals surface area contributed by atoms with Crippen LogP contribution in [-0.4, -0.2) is 47.4 Å². The van der Waals surface area contributed by atoms with Crippen molar-refractivity contribution in [2.75, 3.05) is 13.2 Å². The maximum Gasteiger partial charge on any atom is 0.305 e. The second-order valence-electron chi connectivity index (χ2n) is 22.1. The van der Waals surface area contributed by atoms with Gasteiger partial charge in [-0.1, -0.05) is 307 Å². The highest BCUT2D eigenvalue weighted by molar-refractivity contribution is 5.76. The zero-order valence-electron chi connectivity index (χ0n) is 48.4. The third-order valence-electron chi connectivity index (χ3n) is 14.9. The van der Waals surface area contributed by atoms with Gasteiger partial charge < -0.3 is 20.3 Å². The number of carbonyl (C=O) groups excluding carboxylic acids is 2. The number of rotatable bonds is 60. The van der Waals surface area contributed by atoms with Crippen molar-refractivity contribution in [1.82, 2.24) is 5.32 Å². The topological polar surface area (TPSA) is 95.9 Å². The molecule has 3 N–H and O–H groups in total. The van der Waals surface area contributed by atoms with E-state index in [1.54, 1.807) is 6.08 Å². The normalized spacial score (nSPS) is 12.8. The SMILES string of the molecule is CCCCC/C=C\C/C=C\CCCCCCCC(=O)OCCCCCCCCCCCCCCCCCCCCCCCCCCCCCCCCCC(=O)NC(CO)C(O)/C=C/CCCCCCCCC. The monoisotopic (exact) mass is 1010 g/mol. The molecular weight excluding hydrogens is 887 g/mol.